The van der Waals surface area contributed by atoms with E-state index in [0.29, 0.717) is 12.8 Å². The van der Waals surface area contributed by atoms with Gasteiger partial charge in [0.15, 0.2) is 6.61 Å². The monoisotopic (exact) mass is 396 g/mol. The summed E-state index contributed by atoms with van der Waals surface area (Å²) in [5.74, 6) is -2.56. The summed E-state index contributed by atoms with van der Waals surface area (Å²) in [4.78, 5) is 50.1. The zero-order valence-electron chi connectivity index (χ0n) is 16.1. The van der Waals surface area contributed by atoms with Gasteiger partial charge in [0, 0.05) is 0 Å². The van der Waals surface area contributed by atoms with Crippen molar-refractivity contribution < 1.29 is 23.9 Å². The second-order valence-corrected chi connectivity index (χ2v) is 7.79. The summed E-state index contributed by atoms with van der Waals surface area (Å²) in [6.07, 6.45) is 7.64. The van der Waals surface area contributed by atoms with Crippen molar-refractivity contribution in [2.24, 2.45) is 11.8 Å². The first-order valence-electron chi connectivity index (χ1n) is 10.1. The first kappa shape index (κ1) is 19.4. The van der Waals surface area contributed by atoms with E-state index in [1.807, 2.05) is 30.4 Å². The molecular formula is C22H24N2O5. The molecule has 1 N–H and O–H groups in total. The van der Waals surface area contributed by atoms with E-state index in [1.54, 1.807) is 0 Å². The van der Waals surface area contributed by atoms with Crippen molar-refractivity contribution in [3.05, 3.63) is 47.5 Å². The van der Waals surface area contributed by atoms with Gasteiger partial charge in [-0.05, 0) is 43.2 Å². The Morgan fingerprint density at radius 2 is 1.76 bits per heavy atom. The molecule has 0 unspecified atom stereocenters. The molecule has 0 aromatic heterocycles. The van der Waals surface area contributed by atoms with Gasteiger partial charge in [-0.2, -0.15) is 0 Å². The molecular weight excluding hydrogens is 372 g/mol. The highest BCUT2D eigenvalue weighted by Gasteiger charge is 2.47. The van der Waals surface area contributed by atoms with Crippen LogP contribution in [-0.2, 0) is 30.3 Å². The van der Waals surface area contributed by atoms with E-state index in [-0.39, 0.29) is 29.7 Å². The van der Waals surface area contributed by atoms with Crippen LogP contribution >= 0.6 is 0 Å². The summed E-state index contributed by atoms with van der Waals surface area (Å²) in [6, 6.07) is 7.90. The Balaban J connectivity index is 1.28. The Labute approximate surface area is 169 Å². The number of hydrogen-bond donors (Lipinski definition) is 1. The highest BCUT2D eigenvalue weighted by atomic mass is 16.5. The Bertz CT molecular complexity index is 852. The molecule has 4 rings (SSSR count). The molecule has 0 spiro atoms. The van der Waals surface area contributed by atoms with Gasteiger partial charge in [-0.15, -0.1) is 0 Å². The highest BCUT2D eigenvalue weighted by molar-refractivity contribution is 6.07. The van der Waals surface area contributed by atoms with Crippen LogP contribution in [0.2, 0.25) is 0 Å². The molecule has 29 heavy (non-hydrogen) atoms. The number of likely N-dealkylation sites (tertiary alicyclic amines) is 1. The van der Waals surface area contributed by atoms with Crippen molar-refractivity contribution in [1.82, 2.24) is 10.2 Å². The number of benzene rings is 1. The van der Waals surface area contributed by atoms with Crippen molar-refractivity contribution in [2.75, 3.05) is 13.2 Å². The van der Waals surface area contributed by atoms with Crippen molar-refractivity contribution in [1.29, 1.82) is 0 Å². The second kappa shape index (κ2) is 8.19. The summed E-state index contributed by atoms with van der Waals surface area (Å²) in [6.45, 7) is -0.869. The standard InChI is InChI=1S/C22H24N2O5/c25-19(23-18-11-5-7-14-6-1-2-8-15(14)18)13-29-20(26)12-24-21(27)16-9-3-4-10-17(16)22(24)28/h1-4,6,8,16-18H,5,7,9-13H2,(H,23,25)/t16-,17+,18-/m1/s1. The number of nitrogens with one attached hydrogen (secondary N) is 1. The average Bonchev–Trinajstić information content (AvgIpc) is 2.98. The number of carbonyl (C=O) groups excluding carboxylic acids is 4. The first-order valence-corrected chi connectivity index (χ1v) is 10.1. The number of amides is 3. The number of carbonyl (C=O) groups is 4. The minimum absolute atomic E-state index is 0.0940. The molecule has 1 aromatic rings. The van der Waals surface area contributed by atoms with Gasteiger partial charge in [0.05, 0.1) is 17.9 Å². The van der Waals surface area contributed by atoms with Gasteiger partial charge in [-0.25, -0.2) is 0 Å². The minimum atomic E-state index is -0.752. The number of esters is 1. The van der Waals surface area contributed by atoms with Gasteiger partial charge in [0.25, 0.3) is 5.91 Å². The minimum Gasteiger partial charge on any atom is -0.454 e. The SMILES string of the molecule is O=C(COC(=O)CN1C(=O)[C@H]2CC=CC[C@H]2C1=O)N[C@@H]1CCCc2ccccc21. The van der Waals surface area contributed by atoms with E-state index in [1.165, 1.54) is 5.56 Å². The number of aryl methyl sites for hydroxylation is 1. The lowest BCUT2D eigenvalue weighted by atomic mass is 9.85. The molecule has 3 aliphatic rings. The zero-order valence-corrected chi connectivity index (χ0v) is 16.1. The van der Waals surface area contributed by atoms with E-state index in [0.717, 1.165) is 29.7 Å². The average molecular weight is 396 g/mol. The third kappa shape index (κ3) is 3.95. The Hall–Kier alpha value is -2.96. The number of ether oxygens (including phenoxy) is 1. The maximum atomic E-state index is 12.4. The summed E-state index contributed by atoms with van der Waals surface area (Å²) in [5, 5.41) is 2.91. The fourth-order valence-corrected chi connectivity index (χ4v) is 4.49. The van der Waals surface area contributed by atoms with E-state index >= 15 is 0 Å². The maximum absolute atomic E-state index is 12.4. The Morgan fingerprint density at radius 3 is 2.48 bits per heavy atom. The molecule has 3 amide bonds. The van der Waals surface area contributed by atoms with Gasteiger partial charge < -0.3 is 10.1 Å². The van der Waals surface area contributed by atoms with E-state index < -0.39 is 25.0 Å². The van der Waals surface area contributed by atoms with Gasteiger partial charge in [0.2, 0.25) is 11.8 Å². The topological polar surface area (TPSA) is 92.8 Å². The molecule has 152 valence electrons. The lowest BCUT2D eigenvalue weighted by Crippen LogP contribution is -2.38. The first-order chi connectivity index (χ1) is 14.0. The van der Waals surface area contributed by atoms with Crippen LogP contribution in [-0.4, -0.2) is 41.7 Å². The van der Waals surface area contributed by atoms with Crippen LogP contribution in [0.5, 0.6) is 0 Å². The molecule has 1 saturated heterocycles. The van der Waals surface area contributed by atoms with Gasteiger partial charge >= 0.3 is 5.97 Å². The van der Waals surface area contributed by atoms with Gasteiger partial charge in [-0.1, -0.05) is 36.4 Å². The molecule has 7 heteroatoms. The number of imide groups is 1. The predicted octanol–water partition coefficient (Wildman–Crippen LogP) is 1.67. The third-order valence-electron chi connectivity index (χ3n) is 5.95. The smallest absolute Gasteiger partial charge is 0.326 e. The molecule has 1 fully saturated rings. The van der Waals surface area contributed by atoms with Gasteiger partial charge in [0.1, 0.15) is 6.54 Å². The maximum Gasteiger partial charge on any atom is 0.326 e. The van der Waals surface area contributed by atoms with Crippen LogP contribution in [0.15, 0.2) is 36.4 Å². The summed E-state index contributed by atoms with van der Waals surface area (Å²) in [5.41, 5.74) is 2.32. The summed E-state index contributed by atoms with van der Waals surface area (Å²) >= 11 is 0. The fraction of sp³-hybridized carbons (Fsp3) is 0.455. The van der Waals surface area contributed by atoms with E-state index in [4.69, 9.17) is 4.74 Å². The van der Waals surface area contributed by atoms with Crippen molar-refractivity contribution in [3.63, 3.8) is 0 Å². The number of allylic oxidation sites excluding steroid dienone is 2. The van der Waals surface area contributed by atoms with Crippen LogP contribution in [0.3, 0.4) is 0 Å². The van der Waals surface area contributed by atoms with Gasteiger partial charge in [-0.3, -0.25) is 24.1 Å². The molecule has 2 aliphatic carbocycles. The number of rotatable bonds is 5. The predicted molar refractivity (Wildman–Crippen MR) is 103 cm³/mol. The molecule has 7 nitrogen and oxygen atoms in total. The van der Waals surface area contributed by atoms with Crippen molar-refractivity contribution in [3.8, 4) is 0 Å². The third-order valence-corrected chi connectivity index (χ3v) is 5.95. The molecule has 0 saturated carbocycles. The van der Waals surface area contributed by atoms with Crippen LogP contribution in [0.25, 0.3) is 0 Å². The van der Waals surface area contributed by atoms with Crippen LogP contribution in [0.1, 0.15) is 42.9 Å². The molecule has 3 atom stereocenters. The zero-order chi connectivity index (χ0) is 20.4. The van der Waals surface area contributed by atoms with Crippen LogP contribution in [0.4, 0.5) is 0 Å². The lowest BCUT2D eigenvalue weighted by Gasteiger charge is -2.26. The largest absolute Gasteiger partial charge is 0.454 e. The number of hydrogen-bond acceptors (Lipinski definition) is 5. The van der Waals surface area contributed by atoms with Crippen LogP contribution in [0, 0.1) is 11.8 Å². The van der Waals surface area contributed by atoms with Crippen molar-refractivity contribution >= 4 is 23.7 Å². The molecule has 0 bridgehead atoms. The molecule has 1 heterocycles. The van der Waals surface area contributed by atoms with Crippen molar-refractivity contribution in [2.45, 2.75) is 38.1 Å². The summed E-state index contributed by atoms with van der Waals surface area (Å²) < 4.78 is 5.03. The van der Waals surface area contributed by atoms with E-state index in [2.05, 4.69) is 11.4 Å². The second-order valence-electron chi connectivity index (χ2n) is 7.79. The normalized spacial score (nSPS) is 25.4. The summed E-state index contributed by atoms with van der Waals surface area (Å²) in [7, 11) is 0. The molecule has 0 radical (unpaired) electrons. The highest BCUT2D eigenvalue weighted by Crippen LogP contribution is 2.35. The Kier molecular flexibility index (Phi) is 5.47. The fourth-order valence-electron chi connectivity index (χ4n) is 4.49. The number of fused-ring (bicyclic) bond motifs is 2. The molecule has 1 aromatic carbocycles. The Morgan fingerprint density at radius 1 is 1.07 bits per heavy atom. The quantitative estimate of drug-likeness (QED) is 0.464. The lowest BCUT2D eigenvalue weighted by molar-refractivity contribution is -0.155. The van der Waals surface area contributed by atoms with E-state index in [9.17, 15) is 19.2 Å². The molecule has 1 aliphatic heterocycles. The van der Waals surface area contributed by atoms with Crippen LogP contribution < -0.4 is 5.32 Å². The number of nitrogens with zero attached hydrogens (tertiary/aromatic N) is 1.